The van der Waals surface area contributed by atoms with E-state index in [-0.39, 0.29) is 10.6 Å². The summed E-state index contributed by atoms with van der Waals surface area (Å²) < 4.78 is 0. The fourth-order valence-corrected chi connectivity index (χ4v) is 4.72. The molecule has 0 N–H and O–H groups in total. The van der Waals surface area contributed by atoms with Crippen LogP contribution in [0.4, 0.5) is 17.3 Å². The number of nitro groups is 1. The molecule has 0 aliphatic carbocycles. The van der Waals surface area contributed by atoms with Gasteiger partial charge in [-0.05, 0) is 23.1 Å². The molecular weight excluding hydrogens is 428 g/mol. The molecule has 1 saturated heterocycles. The first-order valence-corrected chi connectivity index (χ1v) is 11.7. The number of piperazine rings is 1. The van der Waals surface area contributed by atoms with E-state index in [2.05, 4.69) is 57.3 Å². The fourth-order valence-electron chi connectivity index (χ4n) is 4.72. The summed E-state index contributed by atoms with van der Waals surface area (Å²) in [6.07, 6.45) is 4.43. The maximum atomic E-state index is 12.2. The third-order valence-corrected chi connectivity index (χ3v) is 6.54. The minimum Gasteiger partial charge on any atom is -0.348 e. The molecule has 0 radical (unpaired) electrons. The molecule has 3 heterocycles. The summed E-state index contributed by atoms with van der Waals surface area (Å²) in [6, 6.07) is 20.7. The van der Waals surface area contributed by atoms with Gasteiger partial charge in [-0.3, -0.25) is 15.0 Å². The summed E-state index contributed by atoms with van der Waals surface area (Å²) in [4.78, 5) is 27.0. The average Bonchev–Trinajstić information content (AvgIpc) is 2.90. The van der Waals surface area contributed by atoms with Crippen molar-refractivity contribution in [1.29, 1.82) is 0 Å². The summed E-state index contributed by atoms with van der Waals surface area (Å²) in [5, 5.41) is 12.2. The summed E-state index contributed by atoms with van der Waals surface area (Å²) in [5.41, 5.74) is 3.76. The van der Waals surface area contributed by atoms with E-state index in [4.69, 9.17) is 0 Å². The number of hydrogen-bond acceptors (Lipinski definition) is 7. The Hall–Kier alpha value is -3.78. The van der Waals surface area contributed by atoms with Crippen molar-refractivity contribution in [1.82, 2.24) is 14.9 Å². The summed E-state index contributed by atoms with van der Waals surface area (Å²) in [7, 11) is 0. The van der Waals surface area contributed by atoms with Crippen LogP contribution in [-0.2, 0) is 6.54 Å². The zero-order valence-electron chi connectivity index (χ0n) is 19.1. The molecule has 8 heteroatoms. The van der Waals surface area contributed by atoms with Crippen molar-refractivity contribution < 1.29 is 4.92 Å². The average molecular weight is 457 g/mol. The fraction of sp³-hybridized carbons (Fsp3) is 0.308. The number of benzene rings is 2. The first-order chi connectivity index (χ1) is 16.7. The molecule has 0 unspecified atom stereocenters. The van der Waals surface area contributed by atoms with E-state index in [0.29, 0.717) is 37.8 Å². The van der Waals surface area contributed by atoms with Crippen LogP contribution in [0.2, 0.25) is 0 Å². The lowest BCUT2D eigenvalue weighted by atomic mass is 9.99. The lowest BCUT2D eigenvalue weighted by Gasteiger charge is -2.35. The van der Waals surface area contributed by atoms with Crippen molar-refractivity contribution in [2.24, 2.45) is 0 Å². The minimum absolute atomic E-state index is 0.00979. The van der Waals surface area contributed by atoms with Gasteiger partial charge in [-0.2, -0.15) is 0 Å². The molecule has 0 amide bonds. The van der Waals surface area contributed by atoms with E-state index in [1.165, 1.54) is 23.0 Å². The predicted octanol–water partition coefficient (Wildman–Crippen LogP) is 4.00. The molecule has 34 heavy (non-hydrogen) atoms. The Kier molecular flexibility index (Phi) is 6.49. The molecule has 8 nitrogen and oxygen atoms in total. The van der Waals surface area contributed by atoms with Gasteiger partial charge in [0.1, 0.15) is 6.33 Å². The SMILES string of the molecule is O=[N+]([O-])c1c(N2CC=C(c3ccccc3)CC2)ncnc1N1CCN(Cc2ccccc2)CC1. The lowest BCUT2D eigenvalue weighted by molar-refractivity contribution is -0.383. The summed E-state index contributed by atoms with van der Waals surface area (Å²) in [5.74, 6) is 0.831. The second-order valence-electron chi connectivity index (χ2n) is 8.67. The second kappa shape index (κ2) is 10.0. The topological polar surface area (TPSA) is 78.6 Å². The van der Waals surface area contributed by atoms with Gasteiger partial charge in [-0.15, -0.1) is 0 Å². The Bertz CT molecular complexity index is 1160. The van der Waals surface area contributed by atoms with E-state index in [9.17, 15) is 10.1 Å². The van der Waals surface area contributed by atoms with Crippen molar-refractivity contribution >= 4 is 22.9 Å². The van der Waals surface area contributed by atoms with E-state index in [1.807, 2.05) is 34.1 Å². The van der Waals surface area contributed by atoms with Gasteiger partial charge in [0.25, 0.3) is 0 Å². The summed E-state index contributed by atoms with van der Waals surface area (Å²) >= 11 is 0. The van der Waals surface area contributed by atoms with Crippen molar-refractivity contribution in [3.05, 3.63) is 94.3 Å². The van der Waals surface area contributed by atoms with Crippen LogP contribution in [0.1, 0.15) is 17.5 Å². The highest BCUT2D eigenvalue weighted by Crippen LogP contribution is 2.36. The molecule has 5 rings (SSSR count). The van der Waals surface area contributed by atoms with Gasteiger partial charge in [0, 0.05) is 45.8 Å². The molecule has 174 valence electrons. The van der Waals surface area contributed by atoms with Crippen LogP contribution in [-0.4, -0.2) is 59.1 Å². The molecule has 0 saturated carbocycles. The lowest BCUT2D eigenvalue weighted by Crippen LogP contribution is -2.46. The van der Waals surface area contributed by atoms with E-state index in [1.54, 1.807) is 0 Å². The number of anilines is 2. The monoisotopic (exact) mass is 456 g/mol. The van der Waals surface area contributed by atoms with Crippen LogP contribution < -0.4 is 9.80 Å². The zero-order chi connectivity index (χ0) is 23.3. The van der Waals surface area contributed by atoms with Crippen LogP contribution in [0.25, 0.3) is 5.57 Å². The Balaban J connectivity index is 1.31. The molecule has 0 atom stereocenters. The van der Waals surface area contributed by atoms with Crippen LogP contribution in [0.15, 0.2) is 73.1 Å². The van der Waals surface area contributed by atoms with Gasteiger partial charge < -0.3 is 9.80 Å². The maximum Gasteiger partial charge on any atom is 0.353 e. The molecule has 0 spiro atoms. The van der Waals surface area contributed by atoms with Gasteiger partial charge >= 0.3 is 5.69 Å². The highest BCUT2D eigenvalue weighted by Gasteiger charge is 2.32. The highest BCUT2D eigenvalue weighted by molar-refractivity contribution is 5.74. The largest absolute Gasteiger partial charge is 0.353 e. The molecule has 1 fully saturated rings. The van der Waals surface area contributed by atoms with Crippen molar-refractivity contribution in [3.63, 3.8) is 0 Å². The van der Waals surface area contributed by atoms with Gasteiger partial charge in [0.15, 0.2) is 0 Å². The van der Waals surface area contributed by atoms with Crippen molar-refractivity contribution in [3.8, 4) is 0 Å². The first kappa shape index (κ1) is 22.0. The van der Waals surface area contributed by atoms with Gasteiger partial charge in [-0.1, -0.05) is 66.7 Å². The third-order valence-electron chi connectivity index (χ3n) is 6.54. The predicted molar refractivity (Wildman–Crippen MR) is 134 cm³/mol. The van der Waals surface area contributed by atoms with Crippen molar-refractivity contribution in [2.45, 2.75) is 13.0 Å². The molecule has 3 aromatic rings. The molecule has 2 aliphatic heterocycles. The number of hydrogen-bond donors (Lipinski definition) is 0. The Morgan fingerprint density at radius 1 is 0.824 bits per heavy atom. The highest BCUT2D eigenvalue weighted by atomic mass is 16.6. The molecule has 0 bridgehead atoms. The Labute approximate surface area is 199 Å². The minimum atomic E-state index is -0.322. The van der Waals surface area contributed by atoms with Gasteiger partial charge in [0.2, 0.25) is 11.6 Å². The van der Waals surface area contributed by atoms with E-state index >= 15 is 0 Å². The smallest absolute Gasteiger partial charge is 0.348 e. The van der Waals surface area contributed by atoms with Crippen LogP contribution >= 0.6 is 0 Å². The molecule has 1 aromatic heterocycles. The van der Waals surface area contributed by atoms with E-state index < -0.39 is 0 Å². The molecular formula is C26H28N6O2. The van der Waals surface area contributed by atoms with Crippen LogP contribution in [0.3, 0.4) is 0 Å². The zero-order valence-corrected chi connectivity index (χ0v) is 19.1. The molecule has 2 aliphatic rings. The standard InChI is InChI=1S/C26H28N6O2/c33-32(34)24-25(30-13-11-23(12-14-30)22-9-5-2-6-10-22)27-20-28-26(24)31-17-15-29(16-18-31)19-21-7-3-1-4-8-21/h1-11,20H,12-19H2. The van der Waals surface area contributed by atoms with Crippen LogP contribution in [0.5, 0.6) is 0 Å². The Morgan fingerprint density at radius 2 is 1.47 bits per heavy atom. The number of rotatable bonds is 6. The van der Waals surface area contributed by atoms with Crippen molar-refractivity contribution in [2.75, 3.05) is 49.1 Å². The van der Waals surface area contributed by atoms with Gasteiger partial charge in [-0.25, -0.2) is 9.97 Å². The normalized spacial score (nSPS) is 16.9. The van der Waals surface area contributed by atoms with Gasteiger partial charge in [0.05, 0.1) is 4.92 Å². The number of nitrogens with zero attached hydrogens (tertiary/aromatic N) is 6. The second-order valence-corrected chi connectivity index (χ2v) is 8.67. The maximum absolute atomic E-state index is 12.2. The van der Waals surface area contributed by atoms with Crippen LogP contribution in [0, 0.1) is 10.1 Å². The Morgan fingerprint density at radius 3 is 2.09 bits per heavy atom. The number of aromatic nitrogens is 2. The first-order valence-electron chi connectivity index (χ1n) is 11.7. The third kappa shape index (κ3) is 4.77. The summed E-state index contributed by atoms with van der Waals surface area (Å²) in [6.45, 7) is 5.21. The molecule has 2 aromatic carbocycles. The van der Waals surface area contributed by atoms with E-state index in [0.717, 1.165) is 26.1 Å². The quantitative estimate of drug-likeness (QED) is 0.410.